The number of aliphatic hydroxyl groups excluding tert-OH is 1. The summed E-state index contributed by atoms with van der Waals surface area (Å²) in [6.07, 6.45) is 4.90. The second-order valence-corrected chi connectivity index (χ2v) is 5.22. The summed E-state index contributed by atoms with van der Waals surface area (Å²) in [5.41, 5.74) is 0. The summed E-state index contributed by atoms with van der Waals surface area (Å²) in [5, 5.41) is 10.2. The minimum atomic E-state index is -0.0863. The molecule has 2 heterocycles. The third kappa shape index (κ3) is 3.16. The molecule has 1 unspecified atom stereocenters. The van der Waals surface area contributed by atoms with Crippen LogP contribution in [-0.4, -0.2) is 60.8 Å². The summed E-state index contributed by atoms with van der Waals surface area (Å²) in [6.45, 7) is 5.62. The monoisotopic (exact) mass is 212 g/mol. The summed E-state index contributed by atoms with van der Waals surface area (Å²) in [6, 6.07) is 0. The lowest BCUT2D eigenvalue weighted by atomic mass is 9.91. The molecular weight excluding hydrogens is 188 g/mol. The smallest absolute Gasteiger partial charge is 0.0696 e. The molecule has 0 aromatic rings. The molecule has 2 saturated heterocycles. The Labute approximate surface area is 93.1 Å². The van der Waals surface area contributed by atoms with Gasteiger partial charge in [-0.15, -0.1) is 0 Å². The average molecular weight is 212 g/mol. The molecule has 1 N–H and O–H groups in total. The van der Waals surface area contributed by atoms with E-state index in [-0.39, 0.29) is 6.10 Å². The van der Waals surface area contributed by atoms with Crippen LogP contribution in [0.1, 0.15) is 25.7 Å². The zero-order chi connectivity index (χ0) is 10.7. The van der Waals surface area contributed by atoms with E-state index in [1.54, 1.807) is 0 Å². The van der Waals surface area contributed by atoms with Gasteiger partial charge in [-0.3, -0.25) is 0 Å². The van der Waals surface area contributed by atoms with Gasteiger partial charge in [-0.05, 0) is 64.8 Å². The van der Waals surface area contributed by atoms with E-state index in [4.69, 9.17) is 0 Å². The van der Waals surface area contributed by atoms with E-state index in [1.165, 1.54) is 38.8 Å². The van der Waals surface area contributed by atoms with Crippen molar-refractivity contribution in [1.82, 2.24) is 9.80 Å². The number of nitrogens with zero attached hydrogens (tertiary/aromatic N) is 2. The molecule has 0 aliphatic carbocycles. The first-order chi connectivity index (χ1) is 7.25. The Morgan fingerprint density at radius 1 is 1.13 bits per heavy atom. The molecule has 1 atom stereocenters. The highest BCUT2D eigenvalue weighted by atomic mass is 16.3. The topological polar surface area (TPSA) is 26.7 Å². The van der Waals surface area contributed by atoms with Crippen molar-refractivity contribution >= 4 is 0 Å². The maximum atomic E-state index is 10.2. The predicted molar refractivity (Wildman–Crippen MR) is 61.9 cm³/mol. The van der Waals surface area contributed by atoms with Crippen LogP contribution in [0.2, 0.25) is 0 Å². The predicted octanol–water partition coefficient (Wildman–Crippen LogP) is 0.785. The number of likely N-dealkylation sites (tertiary alicyclic amines) is 2. The van der Waals surface area contributed by atoms with E-state index in [1.807, 2.05) is 0 Å². The van der Waals surface area contributed by atoms with Crippen LogP contribution in [0.25, 0.3) is 0 Å². The molecule has 88 valence electrons. The van der Waals surface area contributed by atoms with Crippen LogP contribution in [0.3, 0.4) is 0 Å². The number of piperidine rings is 1. The normalized spacial score (nSPS) is 28.4. The molecule has 3 nitrogen and oxygen atoms in total. The molecule has 2 aliphatic rings. The Balaban J connectivity index is 1.72. The van der Waals surface area contributed by atoms with Crippen LogP contribution in [0, 0.1) is 5.92 Å². The lowest BCUT2D eigenvalue weighted by Crippen LogP contribution is -2.40. The van der Waals surface area contributed by atoms with E-state index in [9.17, 15) is 5.11 Å². The molecular formula is C12H24N2O. The SMILES string of the molecule is CN1CCC(C(O)CN2CCCC2)CC1. The van der Waals surface area contributed by atoms with Gasteiger partial charge >= 0.3 is 0 Å². The Kier molecular flexibility index (Phi) is 4.00. The second-order valence-electron chi connectivity index (χ2n) is 5.22. The highest BCUT2D eigenvalue weighted by Crippen LogP contribution is 2.21. The van der Waals surface area contributed by atoms with Gasteiger partial charge in [0.1, 0.15) is 0 Å². The Morgan fingerprint density at radius 2 is 1.73 bits per heavy atom. The van der Waals surface area contributed by atoms with E-state index in [0.717, 1.165) is 19.6 Å². The van der Waals surface area contributed by atoms with Crippen LogP contribution < -0.4 is 0 Å². The molecule has 0 saturated carbocycles. The molecule has 15 heavy (non-hydrogen) atoms. The molecule has 2 rings (SSSR count). The summed E-state index contributed by atoms with van der Waals surface area (Å²) >= 11 is 0. The van der Waals surface area contributed by atoms with Gasteiger partial charge in [-0.2, -0.15) is 0 Å². The Hall–Kier alpha value is -0.120. The highest BCUT2D eigenvalue weighted by Gasteiger charge is 2.26. The van der Waals surface area contributed by atoms with Gasteiger partial charge in [0.05, 0.1) is 6.10 Å². The lowest BCUT2D eigenvalue weighted by molar-refractivity contribution is 0.0413. The zero-order valence-electron chi connectivity index (χ0n) is 9.86. The number of β-amino-alcohol motifs (C(OH)–C–C–N with tert-alkyl or cyclic N) is 1. The maximum absolute atomic E-state index is 10.2. The number of rotatable bonds is 3. The van der Waals surface area contributed by atoms with E-state index >= 15 is 0 Å². The molecule has 0 radical (unpaired) electrons. The van der Waals surface area contributed by atoms with Crippen molar-refractivity contribution in [1.29, 1.82) is 0 Å². The quantitative estimate of drug-likeness (QED) is 0.749. The molecule has 0 aromatic carbocycles. The summed E-state index contributed by atoms with van der Waals surface area (Å²) in [7, 11) is 2.17. The van der Waals surface area contributed by atoms with Crippen molar-refractivity contribution in [2.24, 2.45) is 5.92 Å². The van der Waals surface area contributed by atoms with Crippen molar-refractivity contribution in [3.05, 3.63) is 0 Å². The lowest BCUT2D eigenvalue weighted by Gasteiger charge is -2.33. The summed E-state index contributed by atoms with van der Waals surface area (Å²) in [5.74, 6) is 0.543. The minimum absolute atomic E-state index is 0.0863. The van der Waals surface area contributed by atoms with E-state index in [2.05, 4.69) is 16.8 Å². The number of hydrogen-bond acceptors (Lipinski definition) is 3. The minimum Gasteiger partial charge on any atom is -0.392 e. The van der Waals surface area contributed by atoms with Crippen LogP contribution in [0.4, 0.5) is 0 Å². The van der Waals surface area contributed by atoms with Gasteiger partial charge in [0.2, 0.25) is 0 Å². The molecule has 0 aromatic heterocycles. The van der Waals surface area contributed by atoms with E-state index in [0.29, 0.717) is 5.92 Å². The molecule has 2 fully saturated rings. The third-order valence-electron chi connectivity index (χ3n) is 3.95. The van der Waals surface area contributed by atoms with Crippen LogP contribution in [0.15, 0.2) is 0 Å². The van der Waals surface area contributed by atoms with Crippen LogP contribution in [-0.2, 0) is 0 Å². The standard InChI is InChI=1S/C12H24N2O/c1-13-8-4-11(5-9-13)12(15)10-14-6-2-3-7-14/h11-12,15H,2-10H2,1H3. The fourth-order valence-electron chi connectivity index (χ4n) is 2.79. The first kappa shape index (κ1) is 11.4. The van der Waals surface area contributed by atoms with Crippen LogP contribution in [0.5, 0.6) is 0 Å². The van der Waals surface area contributed by atoms with Crippen molar-refractivity contribution in [3.63, 3.8) is 0 Å². The van der Waals surface area contributed by atoms with Gasteiger partial charge in [-0.25, -0.2) is 0 Å². The summed E-state index contributed by atoms with van der Waals surface area (Å²) in [4.78, 5) is 4.78. The second kappa shape index (κ2) is 5.28. The first-order valence-electron chi connectivity index (χ1n) is 6.34. The molecule has 0 spiro atoms. The third-order valence-corrected chi connectivity index (χ3v) is 3.95. The van der Waals surface area contributed by atoms with Crippen molar-refractivity contribution < 1.29 is 5.11 Å². The van der Waals surface area contributed by atoms with Gasteiger partial charge in [0.25, 0.3) is 0 Å². The van der Waals surface area contributed by atoms with Crippen molar-refractivity contribution in [2.75, 3.05) is 39.8 Å². The maximum Gasteiger partial charge on any atom is 0.0696 e. The molecule has 0 amide bonds. The van der Waals surface area contributed by atoms with Gasteiger partial charge in [0.15, 0.2) is 0 Å². The number of hydrogen-bond donors (Lipinski definition) is 1. The zero-order valence-corrected chi connectivity index (χ0v) is 9.86. The molecule has 3 heteroatoms. The highest BCUT2D eigenvalue weighted by molar-refractivity contribution is 4.79. The van der Waals surface area contributed by atoms with E-state index < -0.39 is 0 Å². The van der Waals surface area contributed by atoms with Crippen LogP contribution >= 0.6 is 0 Å². The molecule has 0 bridgehead atoms. The average Bonchev–Trinajstić information content (AvgIpc) is 2.71. The van der Waals surface area contributed by atoms with Gasteiger partial charge < -0.3 is 14.9 Å². The Bertz CT molecular complexity index is 184. The largest absolute Gasteiger partial charge is 0.392 e. The Morgan fingerprint density at radius 3 is 2.33 bits per heavy atom. The first-order valence-corrected chi connectivity index (χ1v) is 6.34. The van der Waals surface area contributed by atoms with Crippen molar-refractivity contribution in [3.8, 4) is 0 Å². The number of aliphatic hydroxyl groups is 1. The molecule has 2 aliphatic heterocycles. The van der Waals surface area contributed by atoms with Gasteiger partial charge in [0, 0.05) is 6.54 Å². The summed E-state index contributed by atoms with van der Waals surface area (Å²) < 4.78 is 0. The van der Waals surface area contributed by atoms with Gasteiger partial charge in [-0.1, -0.05) is 0 Å². The fourth-order valence-corrected chi connectivity index (χ4v) is 2.79. The fraction of sp³-hybridized carbons (Fsp3) is 1.00. The van der Waals surface area contributed by atoms with Crippen molar-refractivity contribution in [2.45, 2.75) is 31.8 Å².